The summed E-state index contributed by atoms with van der Waals surface area (Å²) in [5.41, 5.74) is 18.0. The molecule has 1 fully saturated rings. The summed E-state index contributed by atoms with van der Waals surface area (Å²) in [6.45, 7) is 4.80. The highest BCUT2D eigenvalue weighted by Crippen LogP contribution is 2.58. The van der Waals surface area contributed by atoms with Crippen LogP contribution in [-0.4, -0.2) is 0 Å². The van der Waals surface area contributed by atoms with Crippen LogP contribution in [0.25, 0.3) is 33.0 Å². The number of hydrogen-bond donors (Lipinski definition) is 0. The van der Waals surface area contributed by atoms with E-state index >= 15 is 0 Å². The Morgan fingerprint density at radius 3 is 1.65 bits per heavy atom. The van der Waals surface area contributed by atoms with Crippen LogP contribution in [0.2, 0.25) is 0 Å². The van der Waals surface area contributed by atoms with Crippen LogP contribution in [0.3, 0.4) is 0 Å². The van der Waals surface area contributed by atoms with Crippen molar-refractivity contribution in [2.24, 2.45) is 0 Å². The first-order valence-electron chi connectivity index (χ1n) is 21.0. The van der Waals surface area contributed by atoms with Crippen LogP contribution in [0, 0.1) is 0 Å². The molecule has 57 heavy (non-hydrogen) atoms. The van der Waals surface area contributed by atoms with Crippen molar-refractivity contribution in [1.29, 1.82) is 0 Å². The highest BCUT2D eigenvalue weighted by molar-refractivity contribution is 6.02. The SMILES string of the molecule is CC1(C)c2ccccc2-c2ccc(N(c3ccc4c(c3)C(c3ccccc3)(c3ccccc3)c3ccccc3-4)c3c(C4CCCCC4)ccc4ccccc34)cc21. The molecule has 0 unspecified atom stereocenters. The zero-order valence-electron chi connectivity index (χ0n) is 32.9. The third kappa shape index (κ3) is 5.08. The Morgan fingerprint density at radius 1 is 0.439 bits per heavy atom. The van der Waals surface area contributed by atoms with Gasteiger partial charge in [0.1, 0.15) is 0 Å². The highest BCUT2D eigenvalue weighted by atomic mass is 15.1. The molecule has 3 aliphatic rings. The molecule has 0 atom stereocenters. The van der Waals surface area contributed by atoms with Gasteiger partial charge in [-0.05, 0) is 110 Å². The number of hydrogen-bond acceptors (Lipinski definition) is 1. The van der Waals surface area contributed by atoms with Crippen LogP contribution >= 0.6 is 0 Å². The van der Waals surface area contributed by atoms with E-state index in [1.165, 1.54) is 121 Å². The lowest BCUT2D eigenvalue weighted by Gasteiger charge is -2.36. The van der Waals surface area contributed by atoms with Crippen LogP contribution in [0.15, 0.2) is 182 Å². The summed E-state index contributed by atoms with van der Waals surface area (Å²) in [6, 6.07) is 69.1. The lowest BCUT2D eigenvalue weighted by atomic mass is 9.67. The first-order chi connectivity index (χ1) is 28.0. The molecule has 0 heterocycles. The lowest BCUT2D eigenvalue weighted by molar-refractivity contribution is 0.444. The maximum absolute atomic E-state index is 2.65. The molecule has 0 bridgehead atoms. The molecule has 276 valence electrons. The smallest absolute Gasteiger partial charge is 0.0714 e. The minimum absolute atomic E-state index is 0.117. The van der Waals surface area contributed by atoms with E-state index in [0.29, 0.717) is 5.92 Å². The molecule has 0 N–H and O–H groups in total. The van der Waals surface area contributed by atoms with E-state index in [9.17, 15) is 0 Å². The van der Waals surface area contributed by atoms with Crippen LogP contribution in [0.1, 0.15) is 90.8 Å². The van der Waals surface area contributed by atoms with Gasteiger partial charge in [-0.3, -0.25) is 0 Å². The predicted molar refractivity (Wildman–Crippen MR) is 239 cm³/mol. The van der Waals surface area contributed by atoms with E-state index in [1.807, 2.05) is 0 Å². The molecule has 1 saturated carbocycles. The van der Waals surface area contributed by atoms with E-state index in [1.54, 1.807) is 0 Å². The first-order valence-corrected chi connectivity index (χ1v) is 21.0. The standard InChI is InChI=1S/C56H47N/c1-55(2)50-28-16-14-26-46(50)48-34-31-42(36-52(48)55)57(54-44-25-13-12-20-39(44)30-33-45(54)38-18-6-3-7-19-38)43-32-35-49-47-27-15-17-29-51(47)56(53(49)37-43,40-21-8-4-9-22-40)41-23-10-5-11-24-41/h4-5,8-17,20-38H,3,6-7,18-19H2,1-2H3. The van der Waals surface area contributed by atoms with Gasteiger partial charge in [-0.25, -0.2) is 0 Å². The van der Waals surface area contributed by atoms with Crippen LogP contribution < -0.4 is 4.90 Å². The van der Waals surface area contributed by atoms with Gasteiger partial charge in [-0.1, -0.05) is 191 Å². The lowest BCUT2D eigenvalue weighted by Crippen LogP contribution is -2.28. The quantitative estimate of drug-likeness (QED) is 0.164. The summed E-state index contributed by atoms with van der Waals surface area (Å²) in [5, 5.41) is 2.59. The van der Waals surface area contributed by atoms with Crippen molar-refractivity contribution in [2.45, 2.75) is 62.7 Å². The minimum Gasteiger partial charge on any atom is -0.310 e. The Morgan fingerprint density at radius 2 is 0.965 bits per heavy atom. The fourth-order valence-electron chi connectivity index (χ4n) is 11.1. The van der Waals surface area contributed by atoms with E-state index in [4.69, 9.17) is 0 Å². The molecule has 1 nitrogen and oxygen atoms in total. The van der Waals surface area contributed by atoms with E-state index < -0.39 is 5.41 Å². The number of fused-ring (bicyclic) bond motifs is 7. The van der Waals surface area contributed by atoms with Crippen molar-refractivity contribution >= 4 is 27.8 Å². The van der Waals surface area contributed by atoms with Gasteiger partial charge in [-0.15, -0.1) is 0 Å². The maximum Gasteiger partial charge on any atom is 0.0714 e. The Bertz CT molecular complexity index is 2770. The monoisotopic (exact) mass is 733 g/mol. The Kier molecular flexibility index (Phi) is 7.90. The fourth-order valence-corrected chi connectivity index (χ4v) is 11.1. The molecule has 0 saturated heterocycles. The molecule has 1 heteroatoms. The fraction of sp³-hybridized carbons (Fsp3) is 0.179. The first kappa shape index (κ1) is 34.1. The van der Waals surface area contributed by atoms with Gasteiger partial charge in [0.15, 0.2) is 0 Å². The van der Waals surface area contributed by atoms with Gasteiger partial charge in [0.05, 0.1) is 11.1 Å². The summed E-state index contributed by atoms with van der Waals surface area (Å²) in [5.74, 6) is 0.516. The van der Waals surface area contributed by atoms with Crippen LogP contribution in [0.4, 0.5) is 17.1 Å². The molecule has 0 spiro atoms. The molecule has 8 aromatic carbocycles. The van der Waals surface area contributed by atoms with Crippen molar-refractivity contribution in [1.82, 2.24) is 0 Å². The highest BCUT2D eigenvalue weighted by Gasteiger charge is 2.46. The summed E-state index contributed by atoms with van der Waals surface area (Å²) in [6.07, 6.45) is 6.37. The number of benzene rings is 8. The average molecular weight is 734 g/mol. The summed E-state index contributed by atoms with van der Waals surface area (Å²) >= 11 is 0. The maximum atomic E-state index is 2.65. The molecular weight excluding hydrogens is 687 g/mol. The second-order valence-corrected chi connectivity index (χ2v) is 17.1. The Balaban J connectivity index is 1.22. The van der Waals surface area contributed by atoms with Gasteiger partial charge < -0.3 is 4.90 Å². The van der Waals surface area contributed by atoms with E-state index in [2.05, 4.69) is 201 Å². The van der Waals surface area contributed by atoms with E-state index in [0.717, 1.165) is 0 Å². The molecule has 0 aliphatic heterocycles. The Hall–Kier alpha value is -6.18. The van der Waals surface area contributed by atoms with Gasteiger partial charge in [0.25, 0.3) is 0 Å². The van der Waals surface area contributed by atoms with E-state index in [-0.39, 0.29) is 5.41 Å². The Labute approximate surface area is 337 Å². The van der Waals surface area contributed by atoms with Crippen molar-refractivity contribution < 1.29 is 0 Å². The van der Waals surface area contributed by atoms with Crippen molar-refractivity contribution in [3.63, 3.8) is 0 Å². The van der Waals surface area contributed by atoms with Crippen molar-refractivity contribution in [3.8, 4) is 22.3 Å². The molecule has 0 aromatic heterocycles. The van der Waals surface area contributed by atoms with Gasteiger partial charge in [0, 0.05) is 22.2 Å². The average Bonchev–Trinajstić information content (AvgIpc) is 3.70. The van der Waals surface area contributed by atoms with Crippen LogP contribution in [0.5, 0.6) is 0 Å². The molecule has 3 aliphatic carbocycles. The molecule has 11 rings (SSSR count). The minimum atomic E-state index is -0.483. The second kappa shape index (κ2) is 13.2. The summed E-state index contributed by atoms with van der Waals surface area (Å²) in [4.78, 5) is 2.65. The van der Waals surface area contributed by atoms with Crippen molar-refractivity contribution in [2.75, 3.05) is 4.90 Å². The number of nitrogens with zero attached hydrogens (tertiary/aromatic N) is 1. The predicted octanol–water partition coefficient (Wildman–Crippen LogP) is 15.0. The molecular formula is C56H47N. The van der Waals surface area contributed by atoms with Gasteiger partial charge in [0.2, 0.25) is 0 Å². The number of anilines is 3. The largest absolute Gasteiger partial charge is 0.310 e. The second-order valence-electron chi connectivity index (χ2n) is 17.1. The molecule has 0 amide bonds. The molecule has 0 radical (unpaired) electrons. The van der Waals surface area contributed by atoms with Crippen molar-refractivity contribution in [3.05, 3.63) is 221 Å². The van der Waals surface area contributed by atoms with Gasteiger partial charge in [-0.2, -0.15) is 0 Å². The molecule has 8 aromatic rings. The third-order valence-electron chi connectivity index (χ3n) is 13.7. The summed E-state index contributed by atoms with van der Waals surface area (Å²) < 4.78 is 0. The van der Waals surface area contributed by atoms with Crippen LogP contribution in [-0.2, 0) is 10.8 Å². The summed E-state index contributed by atoms with van der Waals surface area (Å²) in [7, 11) is 0. The zero-order chi connectivity index (χ0) is 38.1. The topological polar surface area (TPSA) is 3.24 Å². The number of rotatable bonds is 6. The zero-order valence-corrected chi connectivity index (χ0v) is 32.9. The third-order valence-corrected chi connectivity index (χ3v) is 13.7. The normalized spacial score (nSPS) is 16.1. The van der Waals surface area contributed by atoms with Gasteiger partial charge >= 0.3 is 0 Å².